The SMILES string of the molecule is CCOCn1cc(CC)c(=O)n(Sc2ccccc2)c1=S. The van der Waals surface area contributed by atoms with Gasteiger partial charge >= 0.3 is 0 Å². The van der Waals surface area contributed by atoms with E-state index in [2.05, 4.69) is 0 Å². The minimum absolute atomic E-state index is 0.0518. The highest BCUT2D eigenvalue weighted by molar-refractivity contribution is 7.98. The van der Waals surface area contributed by atoms with Crippen molar-refractivity contribution in [3.05, 3.63) is 57.2 Å². The van der Waals surface area contributed by atoms with Gasteiger partial charge in [-0.1, -0.05) is 25.1 Å². The average molecular weight is 322 g/mol. The van der Waals surface area contributed by atoms with Crippen LogP contribution in [0.5, 0.6) is 0 Å². The third kappa shape index (κ3) is 3.84. The smallest absolute Gasteiger partial charge is 0.267 e. The summed E-state index contributed by atoms with van der Waals surface area (Å²) >= 11 is 6.77. The summed E-state index contributed by atoms with van der Waals surface area (Å²) in [7, 11) is 0. The van der Waals surface area contributed by atoms with Crippen molar-refractivity contribution in [2.75, 3.05) is 6.61 Å². The van der Waals surface area contributed by atoms with Crippen molar-refractivity contribution < 1.29 is 4.74 Å². The van der Waals surface area contributed by atoms with Crippen molar-refractivity contribution in [1.29, 1.82) is 0 Å². The Labute approximate surface area is 133 Å². The molecular formula is C15H18N2O2S2. The van der Waals surface area contributed by atoms with Crippen LogP contribution in [-0.2, 0) is 17.9 Å². The van der Waals surface area contributed by atoms with Crippen LogP contribution in [0.25, 0.3) is 0 Å². The molecule has 1 aromatic carbocycles. The van der Waals surface area contributed by atoms with Crippen LogP contribution in [0.15, 0.2) is 46.2 Å². The Morgan fingerprint density at radius 3 is 2.57 bits per heavy atom. The largest absolute Gasteiger partial charge is 0.361 e. The van der Waals surface area contributed by atoms with Crippen molar-refractivity contribution in [1.82, 2.24) is 8.54 Å². The molecule has 0 aliphatic heterocycles. The van der Waals surface area contributed by atoms with Crippen LogP contribution in [-0.4, -0.2) is 15.1 Å². The molecule has 0 N–H and O–H groups in total. The van der Waals surface area contributed by atoms with E-state index in [9.17, 15) is 4.79 Å². The summed E-state index contributed by atoms with van der Waals surface area (Å²) in [6.07, 6.45) is 2.46. The fourth-order valence-corrected chi connectivity index (χ4v) is 3.00. The van der Waals surface area contributed by atoms with Crippen LogP contribution in [0.4, 0.5) is 0 Å². The number of ether oxygens (including phenoxy) is 1. The summed E-state index contributed by atoms with van der Waals surface area (Å²) < 4.78 is 9.23. The van der Waals surface area contributed by atoms with E-state index in [0.29, 0.717) is 24.5 Å². The van der Waals surface area contributed by atoms with Gasteiger partial charge in [0.25, 0.3) is 5.56 Å². The van der Waals surface area contributed by atoms with Gasteiger partial charge in [0.2, 0.25) is 0 Å². The maximum absolute atomic E-state index is 12.5. The summed E-state index contributed by atoms with van der Waals surface area (Å²) in [6, 6.07) is 9.73. The zero-order chi connectivity index (χ0) is 15.2. The molecule has 2 rings (SSSR count). The molecule has 1 aromatic heterocycles. The van der Waals surface area contributed by atoms with Gasteiger partial charge in [0.05, 0.1) is 0 Å². The van der Waals surface area contributed by atoms with E-state index >= 15 is 0 Å². The monoisotopic (exact) mass is 322 g/mol. The first kappa shape index (κ1) is 16.0. The van der Waals surface area contributed by atoms with Gasteiger partial charge in [-0.15, -0.1) is 0 Å². The minimum Gasteiger partial charge on any atom is -0.361 e. The lowest BCUT2D eigenvalue weighted by atomic mass is 10.3. The summed E-state index contributed by atoms with van der Waals surface area (Å²) in [5.74, 6) is 0. The number of hydrogen-bond acceptors (Lipinski definition) is 4. The third-order valence-corrected chi connectivity index (χ3v) is 4.48. The van der Waals surface area contributed by atoms with Crippen molar-refractivity contribution >= 4 is 24.2 Å². The van der Waals surface area contributed by atoms with Crippen molar-refractivity contribution in [2.45, 2.75) is 31.9 Å². The molecule has 0 fully saturated rings. The van der Waals surface area contributed by atoms with Gasteiger partial charge in [-0.3, -0.25) is 4.79 Å². The zero-order valence-corrected chi connectivity index (χ0v) is 13.7. The highest BCUT2D eigenvalue weighted by atomic mass is 32.2. The molecule has 0 unspecified atom stereocenters. The summed E-state index contributed by atoms with van der Waals surface area (Å²) in [4.78, 5) is 13.4. The molecule has 0 bridgehead atoms. The lowest BCUT2D eigenvalue weighted by Crippen LogP contribution is -2.25. The van der Waals surface area contributed by atoms with Crippen molar-refractivity contribution in [3.8, 4) is 0 Å². The number of aryl methyl sites for hydroxylation is 1. The zero-order valence-electron chi connectivity index (χ0n) is 12.1. The number of rotatable bonds is 6. The molecule has 1 heterocycles. The van der Waals surface area contributed by atoms with Crippen LogP contribution in [0.1, 0.15) is 19.4 Å². The van der Waals surface area contributed by atoms with E-state index in [-0.39, 0.29) is 5.56 Å². The van der Waals surface area contributed by atoms with Gasteiger partial charge < -0.3 is 9.30 Å². The van der Waals surface area contributed by atoms with Crippen LogP contribution in [0.2, 0.25) is 0 Å². The van der Waals surface area contributed by atoms with Gasteiger partial charge in [-0.2, -0.15) is 0 Å². The quantitative estimate of drug-likeness (QED) is 0.763. The number of hydrogen-bond donors (Lipinski definition) is 0. The lowest BCUT2D eigenvalue weighted by molar-refractivity contribution is 0.0852. The Bertz CT molecular complexity index is 708. The first-order valence-electron chi connectivity index (χ1n) is 6.83. The predicted molar refractivity (Wildman–Crippen MR) is 88.2 cm³/mol. The van der Waals surface area contributed by atoms with Gasteiger partial charge in [-0.25, -0.2) is 3.97 Å². The average Bonchev–Trinajstić information content (AvgIpc) is 2.52. The first-order chi connectivity index (χ1) is 10.2. The molecule has 6 heteroatoms. The maximum atomic E-state index is 12.5. The molecule has 0 saturated heterocycles. The highest BCUT2D eigenvalue weighted by Gasteiger charge is 2.09. The Balaban J connectivity index is 2.47. The second kappa shape index (κ2) is 7.59. The summed E-state index contributed by atoms with van der Waals surface area (Å²) in [5.41, 5.74) is 0.677. The van der Waals surface area contributed by atoms with Gasteiger partial charge in [0.15, 0.2) is 4.77 Å². The second-order valence-electron chi connectivity index (χ2n) is 4.39. The van der Waals surface area contributed by atoms with Crippen molar-refractivity contribution in [2.24, 2.45) is 0 Å². The van der Waals surface area contributed by atoms with Crippen LogP contribution in [0, 0.1) is 4.77 Å². The van der Waals surface area contributed by atoms with Crippen LogP contribution in [0.3, 0.4) is 0 Å². The van der Waals surface area contributed by atoms with E-state index in [0.717, 1.165) is 10.5 Å². The predicted octanol–water partition coefficient (Wildman–Crippen LogP) is 3.49. The lowest BCUT2D eigenvalue weighted by Gasteiger charge is -2.13. The molecule has 0 amide bonds. The standard InChI is InChI=1S/C15H18N2O2S2/c1-3-12-10-16(11-19-4-2)15(20)17(14(12)18)21-13-8-6-5-7-9-13/h5-10H,3-4,11H2,1-2H3. The molecule has 112 valence electrons. The van der Waals surface area contributed by atoms with E-state index in [1.807, 2.05) is 44.2 Å². The molecule has 0 spiro atoms. The molecule has 21 heavy (non-hydrogen) atoms. The van der Waals surface area contributed by atoms with Crippen molar-refractivity contribution in [3.63, 3.8) is 0 Å². The van der Waals surface area contributed by atoms with E-state index in [1.165, 1.54) is 11.9 Å². The molecule has 4 nitrogen and oxygen atoms in total. The van der Waals surface area contributed by atoms with Crippen LogP contribution >= 0.6 is 24.2 Å². The Hall–Kier alpha value is -1.37. The Morgan fingerprint density at radius 1 is 1.24 bits per heavy atom. The Kier molecular flexibility index (Phi) is 5.78. The number of benzene rings is 1. The molecular weight excluding hydrogens is 304 g/mol. The topological polar surface area (TPSA) is 36.2 Å². The van der Waals surface area contributed by atoms with E-state index in [1.54, 1.807) is 14.7 Å². The summed E-state index contributed by atoms with van der Waals surface area (Å²) in [6.45, 7) is 4.85. The highest BCUT2D eigenvalue weighted by Crippen LogP contribution is 2.18. The third-order valence-electron chi connectivity index (χ3n) is 2.95. The molecule has 0 saturated carbocycles. The molecule has 0 aliphatic rings. The Morgan fingerprint density at radius 2 is 1.95 bits per heavy atom. The molecule has 0 aliphatic carbocycles. The number of aromatic nitrogens is 2. The normalized spacial score (nSPS) is 10.8. The first-order valence-corrected chi connectivity index (χ1v) is 8.02. The van der Waals surface area contributed by atoms with Gasteiger partial charge in [-0.05, 0) is 49.6 Å². The minimum atomic E-state index is -0.0518. The van der Waals surface area contributed by atoms with Gasteiger partial charge in [0, 0.05) is 23.3 Å². The molecule has 0 atom stereocenters. The van der Waals surface area contributed by atoms with Gasteiger partial charge in [0.1, 0.15) is 6.73 Å². The van der Waals surface area contributed by atoms with E-state index < -0.39 is 0 Å². The molecule has 0 radical (unpaired) electrons. The van der Waals surface area contributed by atoms with Crippen LogP contribution < -0.4 is 5.56 Å². The molecule has 2 aromatic rings. The maximum Gasteiger partial charge on any atom is 0.267 e. The fourth-order valence-electron chi connectivity index (χ4n) is 1.82. The fraction of sp³-hybridized carbons (Fsp3) is 0.333. The number of nitrogens with zero attached hydrogens (tertiary/aromatic N) is 2. The second-order valence-corrected chi connectivity index (χ2v) is 5.77. The summed E-state index contributed by atoms with van der Waals surface area (Å²) in [5, 5.41) is 0. The van der Waals surface area contributed by atoms with E-state index in [4.69, 9.17) is 17.0 Å².